The molecule has 4 aromatic rings. The molecule has 36 heavy (non-hydrogen) atoms. The van der Waals surface area contributed by atoms with Crippen LogP contribution in [0.3, 0.4) is 0 Å². The molecule has 0 bridgehead atoms. The second kappa shape index (κ2) is 9.53. The van der Waals surface area contributed by atoms with Gasteiger partial charge in [0.2, 0.25) is 0 Å². The van der Waals surface area contributed by atoms with Gasteiger partial charge in [-0.15, -0.1) is 0 Å². The monoisotopic (exact) mass is 522 g/mol. The molecule has 4 rings (SSSR count). The van der Waals surface area contributed by atoms with Crippen LogP contribution in [0.4, 0.5) is 23.2 Å². The van der Waals surface area contributed by atoms with Crippen LogP contribution in [-0.2, 0) is 16.2 Å². The zero-order valence-electron chi connectivity index (χ0n) is 18.8. The molecule has 7 nitrogen and oxygen atoms in total. The Balaban J connectivity index is 1.61. The Kier molecular flexibility index (Phi) is 6.63. The number of pyridine rings is 1. The van der Waals surface area contributed by atoms with Crippen LogP contribution in [0.5, 0.6) is 23.0 Å². The molecule has 0 aliphatic rings. The molecule has 0 aliphatic carbocycles. The fraction of sp³-hybridized carbons (Fsp3) is 0.125. The lowest BCUT2D eigenvalue weighted by Crippen LogP contribution is -2.15. The summed E-state index contributed by atoms with van der Waals surface area (Å²) < 4.78 is 97.0. The number of methoxy groups -OCH3 is 2. The Morgan fingerprint density at radius 1 is 0.889 bits per heavy atom. The number of fused-ring (bicyclic) bond motifs is 1. The second-order valence-corrected chi connectivity index (χ2v) is 9.09. The molecule has 0 spiro atoms. The average Bonchev–Trinajstić information content (AvgIpc) is 2.84. The predicted molar refractivity (Wildman–Crippen MR) is 124 cm³/mol. The third-order valence-corrected chi connectivity index (χ3v) is 6.45. The van der Waals surface area contributed by atoms with Gasteiger partial charge in [0.15, 0.2) is 17.3 Å². The molecule has 1 N–H and O–H groups in total. The molecule has 0 saturated heterocycles. The van der Waals surface area contributed by atoms with Gasteiger partial charge >= 0.3 is 6.18 Å². The summed E-state index contributed by atoms with van der Waals surface area (Å²) in [6.07, 6.45) is -3.25. The number of anilines is 1. The van der Waals surface area contributed by atoms with Gasteiger partial charge in [0.05, 0.1) is 35.9 Å². The summed E-state index contributed by atoms with van der Waals surface area (Å²) in [5.41, 5.74) is -1.09. The number of hydrogen-bond acceptors (Lipinski definition) is 6. The molecule has 1 heterocycles. The molecule has 0 amide bonds. The molecule has 12 heteroatoms. The van der Waals surface area contributed by atoms with E-state index in [0.29, 0.717) is 34.2 Å². The lowest BCUT2D eigenvalue weighted by molar-refractivity contribution is -0.137. The maximum Gasteiger partial charge on any atom is 0.416 e. The van der Waals surface area contributed by atoms with E-state index >= 15 is 0 Å². The van der Waals surface area contributed by atoms with Crippen LogP contribution in [0.2, 0.25) is 0 Å². The first-order valence-electron chi connectivity index (χ1n) is 10.2. The Bertz CT molecular complexity index is 1540. The Morgan fingerprint density at radius 3 is 2.28 bits per heavy atom. The van der Waals surface area contributed by atoms with Crippen molar-refractivity contribution in [1.29, 1.82) is 0 Å². The third-order valence-electron chi connectivity index (χ3n) is 5.09. The zero-order chi connectivity index (χ0) is 26.1. The van der Waals surface area contributed by atoms with Gasteiger partial charge in [0.25, 0.3) is 10.0 Å². The minimum atomic E-state index is -4.73. The summed E-state index contributed by atoms with van der Waals surface area (Å²) in [5.74, 6) is 0.238. The summed E-state index contributed by atoms with van der Waals surface area (Å²) in [6.45, 7) is 0. The van der Waals surface area contributed by atoms with Gasteiger partial charge in [-0.05, 0) is 42.5 Å². The van der Waals surface area contributed by atoms with Gasteiger partial charge in [0, 0.05) is 23.7 Å². The van der Waals surface area contributed by atoms with Crippen molar-refractivity contribution >= 4 is 26.6 Å². The van der Waals surface area contributed by atoms with Crippen LogP contribution in [-0.4, -0.2) is 27.6 Å². The van der Waals surface area contributed by atoms with E-state index in [0.717, 1.165) is 30.3 Å². The molecule has 188 valence electrons. The van der Waals surface area contributed by atoms with Gasteiger partial charge < -0.3 is 14.2 Å². The van der Waals surface area contributed by atoms with Gasteiger partial charge in [0.1, 0.15) is 11.5 Å². The van der Waals surface area contributed by atoms with E-state index in [1.807, 2.05) is 4.72 Å². The Hall–Kier alpha value is -4.06. The second-order valence-electron chi connectivity index (χ2n) is 7.41. The molecule has 0 atom stereocenters. The number of sulfonamides is 1. The largest absolute Gasteiger partial charge is 0.493 e. The third kappa shape index (κ3) is 5.13. The topological polar surface area (TPSA) is 86.8 Å². The van der Waals surface area contributed by atoms with Gasteiger partial charge in [-0.3, -0.25) is 9.71 Å². The molecule has 0 fully saturated rings. The highest BCUT2D eigenvalue weighted by atomic mass is 32.2. The molecular formula is C24H18F4N2O5S. The van der Waals surface area contributed by atoms with Crippen molar-refractivity contribution in [1.82, 2.24) is 4.98 Å². The molecule has 0 unspecified atom stereocenters. The normalized spacial score (nSPS) is 11.8. The van der Waals surface area contributed by atoms with E-state index in [9.17, 15) is 26.0 Å². The molecule has 0 radical (unpaired) electrons. The summed E-state index contributed by atoms with van der Waals surface area (Å²) >= 11 is 0. The van der Waals surface area contributed by atoms with Crippen LogP contribution in [0, 0.1) is 5.82 Å². The van der Waals surface area contributed by atoms with E-state index in [1.165, 1.54) is 26.5 Å². The Labute approximate surface area is 203 Å². The number of rotatable bonds is 7. The van der Waals surface area contributed by atoms with Crippen molar-refractivity contribution in [2.75, 3.05) is 18.9 Å². The number of nitrogens with one attached hydrogen (secondary N) is 1. The van der Waals surface area contributed by atoms with E-state index in [1.54, 1.807) is 18.2 Å². The number of aromatic nitrogens is 1. The lowest BCUT2D eigenvalue weighted by Gasteiger charge is -2.14. The van der Waals surface area contributed by atoms with Crippen molar-refractivity contribution in [2.24, 2.45) is 0 Å². The number of hydrogen-bond donors (Lipinski definition) is 1. The number of benzene rings is 3. The lowest BCUT2D eigenvalue weighted by atomic mass is 10.2. The van der Waals surface area contributed by atoms with Gasteiger partial charge in [-0.25, -0.2) is 12.8 Å². The first-order chi connectivity index (χ1) is 17.0. The average molecular weight is 522 g/mol. The molecule has 1 aromatic heterocycles. The number of alkyl halides is 3. The zero-order valence-corrected chi connectivity index (χ0v) is 19.6. The standard InChI is InChI=1S/C24H18F4N2O5S/c1-33-22-12-17-20(13-23(22)34-2)29-9-8-21(17)35-15-6-7-19(18(25)11-15)30-36(31,32)16-5-3-4-14(10-16)24(26,27)28/h3-13,30H,1-2H3. The van der Waals surface area contributed by atoms with Crippen LogP contribution in [0.25, 0.3) is 10.9 Å². The van der Waals surface area contributed by atoms with Crippen molar-refractivity contribution in [3.63, 3.8) is 0 Å². The van der Waals surface area contributed by atoms with E-state index in [2.05, 4.69) is 4.98 Å². The first-order valence-corrected chi connectivity index (χ1v) is 11.7. The minimum absolute atomic E-state index is 0.0387. The predicted octanol–water partition coefficient (Wildman–Crippen LogP) is 6.00. The molecule has 3 aromatic carbocycles. The molecule has 0 saturated carbocycles. The van der Waals surface area contributed by atoms with E-state index in [-0.39, 0.29) is 5.75 Å². The van der Waals surface area contributed by atoms with Crippen LogP contribution in [0.15, 0.2) is 71.8 Å². The van der Waals surface area contributed by atoms with Crippen molar-refractivity contribution in [2.45, 2.75) is 11.1 Å². The number of ether oxygens (including phenoxy) is 3. The number of nitrogens with zero attached hydrogens (tertiary/aromatic N) is 1. The highest BCUT2D eigenvalue weighted by molar-refractivity contribution is 7.92. The van der Waals surface area contributed by atoms with Crippen molar-refractivity contribution in [3.8, 4) is 23.0 Å². The van der Waals surface area contributed by atoms with Crippen molar-refractivity contribution in [3.05, 3.63) is 78.2 Å². The summed E-state index contributed by atoms with van der Waals surface area (Å²) in [6, 6.07) is 11.3. The highest BCUT2D eigenvalue weighted by Gasteiger charge is 2.31. The quantitative estimate of drug-likeness (QED) is 0.300. The maximum absolute atomic E-state index is 14.8. The SMILES string of the molecule is COc1cc2nccc(Oc3ccc(NS(=O)(=O)c4cccc(C(F)(F)F)c4)c(F)c3)c2cc1OC. The first kappa shape index (κ1) is 25.0. The highest BCUT2D eigenvalue weighted by Crippen LogP contribution is 2.37. The molecule has 0 aliphatic heterocycles. The maximum atomic E-state index is 14.8. The smallest absolute Gasteiger partial charge is 0.416 e. The van der Waals surface area contributed by atoms with Crippen molar-refractivity contribution < 1.29 is 40.2 Å². The van der Waals surface area contributed by atoms with Gasteiger partial charge in [-0.2, -0.15) is 13.2 Å². The fourth-order valence-electron chi connectivity index (χ4n) is 3.35. The minimum Gasteiger partial charge on any atom is -0.493 e. The van der Waals surface area contributed by atoms with Gasteiger partial charge in [-0.1, -0.05) is 6.07 Å². The Morgan fingerprint density at radius 2 is 1.61 bits per heavy atom. The number of halogens is 4. The molecular weight excluding hydrogens is 504 g/mol. The van der Waals surface area contributed by atoms with Crippen LogP contribution >= 0.6 is 0 Å². The van der Waals surface area contributed by atoms with E-state index in [4.69, 9.17) is 14.2 Å². The fourth-order valence-corrected chi connectivity index (χ4v) is 4.46. The summed E-state index contributed by atoms with van der Waals surface area (Å²) in [7, 11) is -1.55. The van der Waals surface area contributed by atoms with Crippen LogP contribution < -0.4 is 18.9 Å². The summed E-state index contributed by atoms with van der Waals surface area (Å²) in [5, 5.41) is 0.546. The summed E-state index contributed by atoms with van der Waals surface area (Å²) in [4.78, 5) is 3.59. The van der Waals surface area contributed by atoms with Crippen LogP contribution in [0.1, 0.15) is 5.56 Å². The van der Waals surface area contributed by atoms with E-state index < -0.39 is 38.2 Å².